The summed E-state index contributed by atoms with van der Waals surface area (Å²) in [6, 6.07) is 0.0894. The monoisotopic (exact) mass is 251 g/mol. The first kappa shape index (κ1) is 14.6. The summed E-state index contributed by atoms with van der Waals surface area (Å²) in [6.07, 6.45) is 6.33. The van der Waals surface area contributed by atoms with E-state index in [0.717, 1.165) is 0 Å². The van der Waals surface area contributed by atoms with Crippen molar-refractivity contribution in [2.75, 3.05) is 7.05 Å². The second-order valence-electron chi connectivity index (χ2n) is 5.76. The fraction of sp³-hybridized carbons (Fsp3) is 0.714. The van der Waals surface area contributed by atoms with Gasteiger partial charge in [0.15, 0.2) is 0 Å². The van der Waals surface area contributed by atoms with E-state index in [-0.39, 0.29) is 30.3 Å². The number of ether oxygens (including phenoxy) is 1. The van der Waals surface area contributed by atoms with Gasteiger partial charge in [-0.2, -0.15) is 0 Å². The molecule has 0 aromatic rings. The Morgan fingerprint density at radius 2 is 1.94 bits per heavy atom. The Kier molecular flexibility index (Phi) is 4.39. The molecule has 0 saturated heterocycles. The van der Waals surface area contributed by atoms with E-state index in [2.05, 4.69) is 5.92 Å². The fourth-order valence-electron chi connectivity index (χ4n) is 1.89. The van der Waals surface area contributed by atoms with Gasteiger partial charge >= 0.3 is 6.09 Å². The molecule has 18 heavy (non-hydrogen) atoms. The van der Waals surface area contributed by atoms with Crippen molar-refractivity contribution in [3.63, 3.8) is 0 Å². The van der Waals surface area contributed by atoms with Crippen molar-refractivity contribution in [1.29, 1.82) is 0 Å². The van der Waals surface area contributed by atoms with E-state index < -0.39 is 5.60 Å². The minimum atomic E-state index is -0.492. The van der Waals surface area contributed by atoms with Crippen LogP contribution in [0.25, 0.3) is 0 Å². The molecular weight excluding hydrogens is 230 g/mol. The number of carbonyl (C=O) groups is 2. The third kappa shape index (κ3) is 3.76. The lowest BCUT2D eigenvalue weighted by molar-refractivity contribution is -0.126. The summed E-state index contributed by atoms with van der Waals surface area (Å²) in [4.78, 5) is 24.9. The van der Waals surface area contributed by atoms with Gasteiger partial charge in [0.05, 0.1) is 6.42 Å². The SMILES string of the molecule is C#CCC(=O)C1CC(N(C)C(=O)OC(C)(C)C)C1. The Bertz CT molecular complexity index is 369. The summed E-state index contributed by atoms with van der Waals surface area (Å²) < 4.78 is 5.27. The molecule has 0 radical (unpaired) electrons. The van der Waals surface area contributed by atoms with Crippen molar-refractivity contribution < 1.29 is 14.3 Å². The minimum Gasteiger partial charge on any atom is -0.444 e. The van der Waals surface area contributed by atoms with Crippen LogP contribution in [0.2, 0.25) is 0 Å². The van der Waals surface area contributed by atoms with Gasteiger partial charge in [0, 0.05) is 19.0 Å². The number of nitrogens with zero attached hydrogens (tertiary/aromatic N) is 1. The fourth-order valence-corrected chi connectivity index (χ4v) is 1.89. The molecule has 1 aliphatic carbocycles. The normalized spacial score (nSPS) is 22.6. The van der Waals surface area contributed by atoms with Crippen LogP contribution in [0.15, 0.2) is 0 Å². The Balaban J connectivity index is 2.39. The molecule has 0 N–H and O–H groups in total. The molecule has 1 aliphatic rings. The Hall–Kier alpha value is -1.50. The molecule has 1 rings (SSSR count). The van der Waals surface area contributed by atoms with Crippen molar-refractivity contribution in [1.82, 2.24) is 4.90 Å². The topological polar surface area (TPSA) is 46.6 Å². The molecule has 0 heterocycles. The molecule has 4 heteroatoms. The number of hydrogen-bond acceptors (Lipinski definition) is 3. The highest BCUT2D eigenvalue weighted by Gasteiger charge is 2.38. The van der Waals surface area contributed by atoms with Gasteiger partial charge in [0.1, 0.15) is 11.4 Å². The summed E-state index contributed by atoms with van der Waals surface area (Å²) in [5.41, 5.74) is -0.492. The van der Waals surface area contributed by atoms with Gasteiger partial charge in [0.2, 0.25) is 0 Å². The molecule has 4 nitrogen and oxygen atoms in total. The van der Waals surface area contributed by atoms with Gasteiger partial charge in [-0.15, -0.1) is 6.42 Å². The highest BCUT2D eigenvalue weighted by atomic mass is 16.6. The van der Waals surface area contributed by atoms with Gasteiger partial charge in [-0.1, -0.05) is 5.92 Å². The molecule has 0 bridgehead atoms. The first-order chi connectivity index (χ1) is 8.24. The van der Waals surface area contributed by atoms with E-state index in [1.807, 2.05) is 20.8 Å². The third-order valence-corrected chi connectivity index (χ3v) is 3.07. The third-order valence-electron chi connectivity index (χ3n) is 3.07. The van der Waals surface area contributed by atoms with Gasteiger partial charge in [-0.25, -0.2) is 4.79 Å². The van der Waals surface area contributed by atoms with Crippen molar-refractivity contribution in [3.05, 3.63) is 0 Å². The smallest absolute Gasteiger partial charge is 0.410 e. The molecule has 100 valence electrons. The van der Waals surface area contributed by atoms with E-state index in [4.69, 9.17) is 11.2 Å². The molecule has 1 saturated carbocycles. The van der Waals surface area contributed by atoms with Crippen molar-refractivity contribution in [2.24, 2.45) is 5.92 Å². The highest BCUT2D eigenvalue weighted by Crippen LogP contribution is 2.33. The lowest BCUT2D eigenvalue weighted by atomic mass is 9.76. The van der Waals surface area contributed by atoms with Crippen LogP contribution in [-0.4, -0.2) is 35.5 Å². The van der Waals surface area contributed by atoms with E-state index in [1.165, 1.54) is 0 Å². The zero-order valence-corrected chi connectivity index (χ0v) is 11.5. The maximum absolute atomic E-state index is 11.8. The number of rotatable bonds is 3. The highest BCUT2D eigenvalue weighted by molar-refractivity contribution is 5.84. The maximum atomic E-state index is 11.8. The lowest BCUT2D eigenvalue weighted by Crippen LogP contribution is -2.49. The van der Waals surface area contributed by atoms with E-state index in [0.29, 0.717) is 12.8 Å². The summed E-state index contributed by atoms with van der Waals surface area (Å²) in [5.74, 6) is 2.47. The predicted octanol–water partition coefficient (Wildman–Crippen LogP) is 2.22. The van der Waals surface area contributed by atoms with Crippen molar-refractivity contribution in [3.8, 4) is 12.3 Å². The lowest BCUT2D eigenvalue weighted by Gasteiger charge is -2.40. The number of ketones is 1. The van der Waals surface area contributed by atoms with E-state index in [9.17, 15) is 9.59 Å². The molecule has 0 aromatic carbocycles. The molecule has 0 spiro atoms. The van der Waals surface area contributed by atoms with Crippen LogP contribution in [0.4, 0.5) is 4.79 Å². The minimum absolute atomic E-state index is 0.0101. The molecule has 0 atom stereocenters. The zero-order chi connectivity index (χ0) is 13.9. The van der Waals surface area contributed by atoms with Crippen LogP contribution in [-0.2, 0) is 9.53 Å². The van der Waals surface area contributed by atoms with Crippen LogP contribution in [0.3, 0.4) is 0 Å². The Labute approximate surface area is 109 Å². The first-order valence-electron chi connectivity index (χ1n) is 6.16. The summed E-state index contributed by atoms with van der Waals surface area (Å²) in [6.45, 7) is 5.50. The largest absolute Gasteiger partial charge is 0.444 e. The predicted molar refractivity (Wildman–Crippen MR) is 69.0 cm³/mol. The zero-order valence-electron chi connectivity index (χ0n) is 11.5. The van der Waals surface area contributed by atoms with Crippen LogP contribution in [0.1, 0.15) is 40.0 Å². The molecule has 0 unspecified atom stereocenters. The van der Waals surface area contributed by atoms with Gasteiger partial charge in [0.25, 0.3) is 0 Å². The average Bonchev–Trinajstić information content (AvgIpc) is 2.12. The van der Waals surface area contributed by atoms with Crippen LogP contribution in [0, 0.1) is 18.3 Å². The molecule has 1 fully saturated rings. The van der Waals surface area contributed by atoms with Crippen LogP contribution in [0.5, 0.6) is 0 Å². The second kappa shape index (κ2) is 5.43. The summed E-state index contributed by atoms with van der Waals surface area (Å²) in [7, 11) is 1.71. The number of amides is 1. The molecule has 0 aliphatic heterocycles. The molecule has 1 amide bonds. The Morgan fingerprint density at radius 1 is 1.39 bits per heavy atom. The van der Waals surface area contributed by atoms with Crippen molar-refractivity contribution in [2.45, 2.75) is 51.7 Å². The first-order valence-corrected chi connectivity index (χ1v) is 6.16. The number of Topliss-reactive ketones (excluding diaryl/α,β-unsaturated/α-hetero) is 1. The van der Waals surface area contributed by atoms with E-state index >= 15 is 0 Å². The van der Waals surface area contributed by atoms with Gasteiger partial charge in [-0.3, -0.25) is 4.79 Å². The number of hydrogen-bond donors (Lipinski definition) is 0. The number of carbonyl (C=O) groups excluding carboxylic acids is 2. The standard InChI is InChI=1S/C14H21NO3/c1-6-7-12(16)10-8-11(9-10)15(5)13(17)18-14(2,3)4/h1,10-11H,7-9H2,2-5H3. The van der Waals surface area contributed by atoms with E-state index in [1.54, 1.807) is 11.9 Å². The summed E-state index contributed by atoms with van der Waals surface area (Å²) in [5, 5.41) is 0. The molecule has 0 aromatic heterocycles. The quantitative estimate of drug-likeness (QED) is 0.723. The van der Waals surface area contributed by atoms with Gasteiger partial charge in [-0.05, 0) is 33.6 Å². The summed E-state index contributed by atoms with van der Waals surface area (Å²) >= 11 is 0. The average molecular weight is 251 g/mol. The van der Waals surface area contributed by atoms with Crippen molar-refractivity contribution >= 4 is 11.9 Å². The number of terminal acetylenes is 1. The van der Waals surface area contributed by atoms with Gasteiger partial charge < -0.3 is 9.64 Å². The van der Waals surface area contributed by atoms with Crippen LogP contribution < -0.4 is 0 Å². The molecular formula is C14H21NO3. The second-order valence-corrected chi connectivity index (χ2v) is 5.76. The maximum Gasteiger partial charge on any atom is 0.410 e. The Morgan fingerprint density at radius 3 is 2.39 bits per heavy atom. The van der Waals surface area contributed by atoms with Crippen LogP contribution >= 0.6 is 0 Å².